The third-order valence-corrected chi connectivity index (χ3v) is 6.05. The van der Waals surface area contributed by atoms with E-state index in [-0.39, 0.29) is 5.56 Å². The number of methoxy groups -OCH3 is 2. The van der Waals surface area contributed by atoms with E-state index in [1.54, 1.807) is 14.2 Å². The quantitative estimate of drug-likeness (QED) is 0.857. The average molecular weight is 383 g/mol. The molecule has 1 saturated carbocycles. The first kappa shape index (κ1) is 19.0. The monoisotopic (exact) mass is 383 g/mol. The number of nitrogens with zero attached hydrogens (tertiary/aromatic N) is 2. The SMILES string of the molecule is COc1ccc(CN2CCc3nc(C4CCCCC4)[nH]c(=O)c3C2)c(OC)c1. The highest BCUT2D eigenvalue weighted by Crippen LogP contribution is 2.31. The van der Waals surface area contributed by atoms with Crippen LogP contribution >= 0.6 is 0 Å². The molecule has 0 radical (unpaired) electrons. The average Bonchev–Trinajstić information content (AvgIpc) is 2.75. The summed E-state index contributed by atoms with van der Waals surface area (Å²) in [5, 5.41) is 0. The fourth-order valence-electron chi connectivity index (χ4n) is 4.43. The van der Waals surface area contributed by atoms with Crippen molar-refractivity contribution in [3.8, 4) is 11.5 Å². The van der Waals surface area contributed by atoms with Gasteiger partial charge in [0, 0.05) is 43.6 Å². The molecule has 0 saturated heterocycles. The van der Waals surface area contributed by atoms with Crippen molar-refractivity contribution in [3.63, 3.8) is 0 Å². The molecule has 0 spiro atoms. The summed E-state index contributed by atoms with van der Waals surface area (Å²) in [5.41, 5.74) is 2.94. The van der Waals surface area contributed by atoms with Crippen LogP contribution in [0.2, 0.25) is 0 Å². The van der Waals surface area contributed by atoms with Gasteiger partial charge in [-0.3, -0.25) is 9.69 Å². The van der Waals surface area contributed by atoms with Crippen LogP contribution in [-0.2, 0) is 19.5 Å². The molecule has 6 heteroatoms. The minimum atomic E-state index is 0.0389. The van der Waals surface area contributed by atoms with Crippen LogP contribution in [0.15, 0.2) is 23.0 Å². The van der Waals surface area contributed by atoms with Gasteiger partial charge in [0.1, 0.15) is 17.3 Å². The summed E-state index contributed by atoms with van der Waals surface area (Å²) in [4.78, 5) is 23.0. The Balaban J connectivity index is 1.51. The molecule has 1 aromatic carbocycles. The highest BCUT2D eigenvalue weighted by atomic mass is 16.5. The molecule has 0 atom stereocenters. The smallest absolute Gasteiger partial charge is 0.255 e. The Bertz CT molecular complexity index is 887. The molecule has 2 heterocycles. The van der Waals surface area contributed by atoms with Crippen molar-refractivity contribution in [2.45, 2.75) is 57.5 Å². The molecule has 1 aliphatic heterocycles. The zero-order chi connectivity index (χ0) is 19.5. The first-order chi connectivity index (χ1) is 13.7. The summed E-state index contributed by atoms with van der Waals surface area (Å²) in [6.07, 6.45) is 6.88. The molecule has 0 bridgehead atoms. The van der Waals surface area contributed by atoms with Crippen LogP contribution in [0.5, 0.6) is 11.5 Å². The topological polar surface area (TPSA) is 67.5 Å². The number of nitrogens with one attached hydrogen (secondary N) is 1. The molecule has 1 aliphatic carbocycles. The van der Waals surface area contributed by atoms with Gasteiger partial charge in [0.25, 0.3) is 5.56 Å². The van der Waals surface area contributed by atoms with Crippen LogP contribution in [-0.4, -0.2) is 35.6 Å². The van der Waals surface area contributed by atoms with Gasteiger partial charge < -0.3 is 14.5 Å². The van der Waals surface area contributed by atoms with Gasteiger partial charge in [-0.25, -0.2) is 4.98 Å². The summed E-state index contributed by atoms with van der Waals surface area (Å²) in [6, 6.07) is 5.88. The lowest BCUT2D eigenvalue weighted by Gasteiger charge is -2.29. The minimum absolute atomic E-state index is 0.0389. The van der Waals surface area contributed by atoms with Crippen molar-refractivity contribution in [3.05, 3.63) is 51.2 Å². The highest BCUT2D eigenvalue weighted by molar-refractivity contribution is 5.40. The van der Waals surface area contributed by atoms with Crippen LogP contribution in [0.1, 0.15) is 60.7 Å². The Morgan fingerprint density at radius 3 is 2.75 bits per heavy atom. The normalized spacial score (nSPS) is 17.9. The minimum Gasteiger partial charge on any atom is -0.497 e. The van der Waals surface area contributed by atoms with Crippen LogP contribution in [0, 0.1) is 0 Å². The van der Waals surface area contributed by atoms with Gasteiger partial charge >= 0.3 is 0 Å². The third kappa shape index (κ3) is 3.92. The number of hydrogen-bond acceptors (Lipinski definition) is 5. The fourth-order valence-corrected chi connectivity index (χ4v) is 4.43. The van der Waals surface area contributed by atoms with Gasteiger partial charge in [-0.1, -0.05) is 25.3 Å². The third-order valence-electron chi connectivity index (χ3n) is 6.05. The van der Waals surface area contributed by atoms with E-state index in [2.05, 4.69) is 9.88 Å². The Hall–Kier alpha value is -2.34. The molecule has 28 heavy (non-hydrogen) atoms. The van der Waals surface area contributed by atoms with E-state index in [4.69, 9.17) is 14.5 Å². The van der Waals surface area contributed by atoms with Crippen molar-refractivity contribution in [2.75, 3.05) is 20.8 Å². The number of ether oxygens (including phenoxy) is 2. The molecule has 2 aliphatic rings. The molecule has 1 fully saturated rings. The Morgan fingerprint density at radius 2 is 2.00 bits per heavy atom. The van der Waals surface area contributed by atoms with Crippen LogP contribution < -0.4 is 15.0 Å². The lowest BCUT2D eigenvalue weighted by Crippen LogP contribution is -2.36. The lowest BCUT2D eigenvalue weighted by molar-refractivity contribution is 0.237. The fraction of sp³-hybridized carbons (Fsp3) is 0.545. The molecule has 0 unspecified atom stereocenters. The first-order valence-corrected chi connectivity index (χ1v) is 10.2. The van der Waals surface area contributed by atoms with Crippen molar-refractivity contribution in [2.24, 2.45) is 0 Å². The molecule has 0 amide bonds. The summed E-state index contributed by atoms with van der Waals surface area (Å²) in [6.45, 7) is 2.25. The first-order valence-electron chi connectivity index (χ1n) is 10.2. The van der Waals surface area contributed by atoms with E-state index in [0.29, 0.717) is 12.5 Å². The molecule has 1 N–H and O–H groups in total. The number of H-pyrrole nitrogens is 1. The summed E-state index contributed by atoms with van der Waals surface area (Å²) in [5.74, 6) is 2.92. The van der Waals surface area contributed by atoms with Gasteiger partial charge in [0.15, 0.2) is 0 Å². The van der Waals surface area contributed by atoms with E-state index >= 15 is 0 Å². The maximum atomic E-state index is 12.8. The van der Waals surface area contributed by atoms with E-state index in [0.717, 1.165) is 66.5 Å². The Labute approximate surface area is 165 Å². The largest absolute Gasteiger partial charge is 0.497 e. The summed E-state index contributed by atoms with van der Waals surface area (Å²) >= 11 is 0. The van der Waals surface area contributed by atoms with Crippen molar-refractivity contribution in [1.82, 2.24) is 14.9 Å². The number of aromatic amines is 1. The summed E-state index contributed by atoms with van der Waals surface area (Å²) in [7, 11) is 3.32. The number of hydrogen-bond donors (Lipinski definition) is 1. The number of aromatic nitrogens is 2. The second kappa shape index (κ2) is 8.35. The molecule has 4 rings (SSSR count). The number of rotatable bonds is 5. The predicted octanol–water partition coefficient (Wildman–Crippen LogP) is 3.39. The number of benzene rings is 1. The Morgan fingerprint density at radius 1 is 1.18 bits per heavy atom. The van der Waals surface area contributed by atoms with Gasteiger partial charge in [0.05, 0.1) is 25.5 Å². The molecule has 6 nitrogen and oxygen atoms in total. The van der Waals surface area contributed by atoms with E-state index in [9.17, 15) is 4.79 Å². The van der Waals surface area contributed by atoms with Gasteiger partial charge in [-0.05, 0) is 18.9 Å². The zero-order valence-corrected chi connectivity index (χ0v) is 16.8. The zero-order valence-electron chi connectivity index (χ0n) is 16.8. The van der Waals surface area contributed by atoms with Crippen molar-refractivity contribution < 1.29 is 9.47 Å². The van der Waals surface area contributed by atoms with Crippen LogP contribution in [0.3, 0.4) is 0 Å². The Kier molecular flexibility index (Phi) is 5.67. The lowest BCUT2D eigenvalue weighted by atomic mass is 9.88. The van der Waals surface area contributed by atoms with Crippen LogP contribution in [0.4, 0.5) is 0 Å². The van der Waals surface area contributed by atoms with Crippen molar-refractivity contribution >= 4 is 0 Å². The molecule has 150 valence electrons. The van der Waals surface area contributed by atoms with E-state index in [1.165, 1.54) is 19.3 Å². The van der Waals surface area contributed by atoms with Gasteiger partial charge in [-0.15, -0.1) is 0 Å². The standard InChI is InChI=1S/C22H29N3O3/c1-27-17-9-8-16(20(12-17)28-2)13-25-11-10-19-18(14-25)22(26)24-21(23-19)15-6-4-3-5-7-15/h8-9,12,15H,3-7,10-11,13-14H2,1-2H3,(H,23,24,26). The molecular formula is C22H29N3O3. The molecule has 1 aromatic heterocycles. The molecular weight excluding hydrogens is 354 g/mol. The summed E-state index contributed by atoms with van der Waals surface area (Å²) < 4.78 is 10.8. The van der Waals surface area contributed by atoms with Gasteiger partial charge in [-0.2, -0.15) is 0 Å². The van der Waals surface area contributed by atoms with Crippen LogP contribution in [0.25, 0.3) is 0 Å². The maximum Gasteiger partial charge on any atom is 0.255 e. The van der Waals surface area contributed by atoms with E-state index in [1.807, 2.05) is 18.2 Å². The van der Waals surface area contributed by atoms with Crippen molar-refractivity contribution in [1.29, 1.82) is 0 Å². The van der Waals surface area contributed by atoms with Gasteiger partial charge in [0.2, 0.25) is 0 Å². The second-order valence-electron chi connectivity index (χ2n) is 7.85. The predicted molar refractivity (Wildman–Crippen MR) is 108 cm³/mol. The van der Waals surface area contributed by atoms with E-state index < -0.39 is 0 Å². The second-order valence-corrected chi connectivity index (χ2v) is 7.85. The maximum absolute atomic E-state index is 12.8. The number of fused-ring (bicyclic) bond motifs is 1. The highest BCUT2D eigenvalue weighted by Gasteiger charge is 2.25. The molecule has 2 aromatic rings.